The van der Waals surface area contributed by atoms with E-state index >= 15 is 0 Å². The molecule has 3 aromatic rings. The number of benzene rings is 2. The third-order valence-electron chi connectivity index (χ3n) is 3.67. The van der Waals surface area contributed by atoms with Crippen LogP contribution in [0.4, 0.5) is 0 Å². The van der Waals surface area contributed by atoms with Crippen molar-refractivity contribution in [1.29, 1.82) is 0 Å². The van der Waals surface area contributed by atoms with Crippen molar-refractivity contribution in [3.63, 3.8) is 0 Å². The fourth-order valence-electron chi connectivity index (χ4n) is 2.46. The van der Waals surface area contributed by atoms with Gasteiger partial charge in [0.15, 0.2) is 0 Å². The zero-order valence-corrected chi connectivity index (χ0v) is 13.6. The number of hydrogen-bond donors (Lipinski definition) is 0. The van der Waals surface area contributed by atoms with Crippen molar-refractivity contribution in [2.24, 2.45) is 0 Å². The minimum atomic E-state index is 0.294. The summed E-state index contributed by atoms with van der Waals surface area (Å²) in [6, 6.07) is 20.7. The lowest BCUT2D eigenvalue weighted by atomic mass is 10.1. The molecular formula is C20H21N3. The van der Waals surface area contributed by atoms with Gasteiger partial charge in [0.1, 0.15) is 17.5 Å². The first kappa shape index (κ1) is 15.3. The Morgan fingerprint density at radius 2 is 1.09 bits per heavy atom. The SMILES string of the molecule is CC(C)c1nc(Cc2ccccc2)nc(Cc2ccccc2)n1. The van der Waals surface area contributed by atoms with Crippen LogP contribution in [-0.4, -0.2) is 15.0 Å². The van der Waals surface area contributed by atoms with Crippen LogP contribution in [0.15, 0.2) is 60.7 Å². The molecule has 3 rings (SSSR count). The van der Waals surface area contributed by atoms with E-state index in [4.69, 9.17) is 0 Å². The molecule has 0 aliphatic rings. The molecular weight excluding hydrogens is 282 g/mol. The Bertz CT molecular complexity index is 693. The third-order valence-corrected chi connectivity index (χ3v) is 3.67. The van der Waals surface area contributed by atoms with Crippen LogP contribution in [0.5, 0.6) is 0 Å². The van der Waals surface area contributed by atoms with Crippen molar-refractivity contribution < 1.29 is 0 Å². The molecule has 1 heterocycles. The molecule has 0 unspecified atom stereocenters. The normalized spacial score (nSPS) is 10.9. The van der Waals surface area contributed by atoms with E-state index < -0.39 is 0 Å². The molecule has 0 radical (unpaired) electrons. The summed E-state index contributed by atoms with van der Waals surface area (Å²) < 4.78 is 0. The van der Waals surface area contributed by atoms with E-state index in [-0.39, 0.29) is 0 Å². The van der Waals surface area contributed by atoms with E-state index in [1.807, 2.05) is 36.4 Å². The first-order chi connectivity index (χ1) is 11.2. The van der Waals surface area contributed by atoms with Crippen LogP contribution in [0.2, 0.25) is 0 Å². The lowest BCUT2D eigenvalue weighted by Crippen LogP contribution is -2.10. The Balaban J connectivity index is 1.90. The highest BCUT2D eigenvalue weighted by molar-refractivity contribution is 5.22. The molecule has 0 saturated carbocycles. The number of nitrogens with zero attached hydrogens (tertiary/aromatic N) is 3. The predicted molar refractivity (Wildman–Crippen MR) is 92.4 cm³/mol. The van der Waals surface area contributed by atoms with Crippen LogP contribution in [-0.2, 0) is 12.8 Å². The summed E-state index contributed by atoms with van der Waals surface area (Å²) in [4.78, 5) is 14.0. The van der Waals surface area contributed by atoms with E-state index in [1.54, 1.807) is 0 Å². The van der Waals surface area contributed by atoms with Crippen molar-refractivity contribution in [3.05, 3.63) is 89.3 Å². The summed E-state index contributed by atoms with van der Waals surface area (Å²) in [5.41, 5.74) is 2.44. The van der Waals surface area contributed by atoms with Gasteiger partial charge in [0.2, 0.25) is 0 Å². The first-order valence-electron chi connectivity index (χ1n) is 8.02. The fraction of sp³-hybridized carbons (Fsp3) is 0.250. The van der Waals surface area contributed by atoms with Gasteiger partial charge < -0.3 is 0 Å². The molecule has 23 heavy (non-hydrogen) atoms. The lowest BCUT2D eigenvalue weighted by molar-refractivity contribution is 0.714. The van der Waals surface area contributed by atoms with E-state index in [2.05, 4.69) is 53.1 Å². The number of rotatable bonds is 5. The zero-order chi connectivity index (χ0) is 16.1. The molecule has 0 saturated heterocycles. The maximum atomic E-state index is 4.68. The third kappa shape index (κ3) is 4.22. The second-order valence-electron chi connectivity index (χ2n) is 6.01. The van der Waals surface area contributed by atoms with Crippen LogP contribution in [0.1, 0.15) is 48.4 Å². The van der Waals surface area contributed by atoms with Crippen molar-refractivity contribution in [3.8, 4) is 0 Å². The maximum Gasteiger partial charge on any atom is 0.137 e. The van der Waals surface area contributed by atoms with Gasteiger partial charge in [0, 0.05) is 18.8 Å². The van der Waals surface area contributed by atoms with Gasteiger partial charge in [-0.2, -0.15) is 0 Å². The van der Waals surface area contributed by atoms with E-state index in [0.717, 1.165) is 30.3 Å². The summed E-state index contributed by atoms with van der Waals surface area (Å²) in [7, 11) is 0. The van der Waals surface area contributed by atoms with Crippen LogP contribution in [0, 0.1) is 0 Å². The Morgan fingerprint density at radius 3 is 1.48 bits per heavy atom. The Hall–Kier alpha value is -2.55. The molecule has 0 N–H and O–H groups in total. The van der Waals surface area contributed by atoms with Gasteiger partial charge in [-0.15, -0.1) is 0 Å². The predicted octanol–water partition coefficient (Wildman–Crippen LogP) is 4.18. The molecule has 3 heteroatoms. The quantitative estimate of drug-likeness (QED) is 0.710. The minimum absolute atomic E-state index is 0.294. The van der Waals surface area contributed by atoms with Gasteiger partial charge in [-0.25, -0.2) is 15.0 Å². The van der Waals surface area contributed by atoms with E-state index in [1.165, 1.54) is 11.1 Å². The van der Waals surface area contributed by atoms with E-state index in [9.17, 15) is 0 Å². The van der Waals surface area contributed by atoms with Gasteiger partial charge in [0.05, 0.1) is 0 Å². The largest absolute Gasteiger partial charge is 0.217 e. The van der Waals surface area contributed by atoms with Crippen LogP contribution in [0.3, 0.4) is 0 Å². The second kappa shape index (κ2) is 7.14. The standard InChI is InChI=1S/C20H21N3/c1-15(2)20-22-18(13-16-9-5-3-6-10-16)21-19(23-20)14-17-11-7-4-8-12-17/h3-12,15H,13-14H2,1-2H3. The summed E-state index contributed by atoms with van der Waals surface area (Å²) in [6.45, 7) is 4.24. The number of hydrogen-bond acceptors (Lipinski definition) is 3. The van der Waals surface area contributed by atoms with Gasteiger partial charge >= 0.3 is 0 Å². The van der Waals surface area contributed by atoms with Crippen molar-refractivity contribution >= 4 is 0 Å². The van der Waals surface area contributed by atoms with Gasteiger partial charge in [-0.1, -0.05) is 74.5 Å². The van der Waals surface area contributed by atoms with Gasteiger partial charge in [-0.3, -0.25) is 0 Å². The molecule has 116 valence electrons. The molecule has 0 bridgehead atoms. The number of aromatic nitrogens is 3. The average molecular weight is 303 g/mol. The Morgan fingerprint density at radius 1 is 0.652 bits per heavy atom. The lowest BCUT2D eigenvalue weighted by Gasteiger charge is -2.09. The highest BCUT2D eigenvalue weighted by Crippen LogP contribution is 2.14. The molecule has 0 aliphatic heterocycles. The zero-order valence-electron chi connectivity index (χ0n) is 13.6. The second-order valence-corrected chi connectivity index (χ2v) is 6.01. The smallest absolute Gasteiger partial charge is 0.137 e. The minimum Gasteiger partial charge on any atom is -0.217 e. The highest BCUT2D eigenvalue weighted by atomic mass is 15.0. The fourth-order valence-corrected chi connectivity index (χ4v) is 2.46. The van der Waals surface area contributed by atoms with Crippen LogP contribution >= 0.6 is 0 Å². The first-order valence-corrected chi connectivity index (χ1v) is 8.02. The molecule has 0 fully saturated rings. The van der Waals surface area contributed by atoms with Gasteiger partial charge in [0.25, 0.3) is 0 Å². The average Bonchev–Trinajstić information content (AvgIpc) is 2.56. The topological polar surface area (TPSA) is 38.7 Å². The van der Waals surface area contributed by atoms with Crippen LogP contribution < -0.4 is 0 Å². The summed E-state index contributed by atoms with van der Waals surface area (Å²) in [5, 5.41) is 0. The molecule has 0 amide bonds. The Labute approximate surface area is 137 Å². The van der Waals surface area contributed by atoms with Crippen molar-refractivity contribution in [2.45, 2.75) is 32.6 Å². The molecule has 0 spiro atoms. The van der Waals surface area contributed by atoms with Crippen LogP contribution in [0.25, 0.3) is 0 Å². The summed E-state index contributed by atoms with van der Waals surface area (Å²) in [6.07, 6.45) is 1.48. The maximum absolute atomic E-state index is 4.68. The molecule has 0 aliphatic carbocycles. The van der Waals surface area contributed by atoms with Crippen molar-refractivity contribution in [1.82, 2.24) is 15.0 Å². The van der Waals surface area contributed by atoms with Crippen molar-refractivity contribution in [2.75, 3.05) is 0 Å². The highest BCUT2D eigenvalue weighted by Gasteiger charge is 2.10. The van der Waals surface area contributed by atoms with E-state index in [0.29, 0.717) is 5.92 Å². The molecule has 2 aromatic carbocycles. The van der Waals surface area contributed by atoms with Gasteiger partial charge in [-0.05, 0) is 11.1 Å². The summed E-state index contributed by atoms with van der Waals surface area (Å²) >= 11 is 0. The molecule has 1 aromatic heterocycles. The molecule has 3 nitrogen and oxygen atoms in total. The molecule has 0 atom stereocenters. The summed E-state index contributed by atoms with van der Waals surface area (Å²) in [5.74, 6) is 2.86. The monoisotopic (exact) mass is 303 g/mol. The Kier molecular flexibility index (Phi) is 4.77.